The van der Waals surface area contributed by atoms with Crippen molar-refractivity contribution in [3.8, 4) is 5.75 Å². The molecule has 116 valence electrons. The van der Waals surface area contributed by atoms with Gasteiger partial charge in [-0.25, -0.2) is 0 Å². The second-order valence-corrected chi connectivity index (χ2v) is 6.25. The first kappa shape index (κ1) is 16.2. The summed E-state index contributed by atoms with van der Waals surface area (Å²) < 4.78 is 5.08. The lowest BCUT2D eigenvalue weighted by molar-refractivity contribution is -0.121. The van der Waals surface area contributed by atoms with Crippen LogP contribution in [0, 0.1) is 6.92 Å². The van der Waals surface area contributed by atoms with Crippen molar-refractivity contribution in [1.29, 1.82) is 0 Å². The van der Waals surface area contributed by atoms with Crippen LogP contribution in [0.3, 0.4) is 0 Å². The molecule has 2 aromatic rings. The summed E-state index contributed by atoms with van der Waals surface area (Å²) in [6, 6.07) is 11.2. The summed E-state index contributed by atoms with van der Waals surface area (Å²) in [6.07, 6.45) is 0.459. The zero-order chi connectivity index (χ0) is 15.9. The van der Waals surface area contributed by atoms with E-state index in [9.17, 15) is 9.59 Å². The van der Waals surface area contributed by atoms with Crippen molar-refractivity contribution in [2.75, 3.05) is 7.11 Å². The Labute approximate surface area is 134 Å². The van der Waals surface area contributed by atoms with E-state index in [0.29, 0.717) is 6.54 Å². The van der Waals surface area contributed by atoms with Gasteiger partial charge in [0.15, 0.2) is 5.78 Å². The molecule has 0 saturated carbocycles. The van der Waals surface area contributed by atoms with Crippen LogP contribution in [-0.4, -0.2) is 18.8 Å². The van der Waals surface area contributed by atoms with Crippen LogP contribution in [0.1, 0.15) is 33.0 Å². The number of carbonyl (C=O) groups excluding carboxylic acids is 2. The highest BCUT2D eigenvalue weighted by molar-refractivity contribution is 7.14. The fraction of sp³-hybridized carbons (Fsp3) is 0.294. The van der Waals surface area contributed by atoms with E-state index in [1.165, 1.54) is 11.3 Å². The number of ketones is 1. The van der Waals surface area contributed by atoms with Crippen molar-refractivity contribution < 1.29 is 14.3 Å². The molecule has 4 nitrogen and oxygen atoms in total. The van der Waals surface area contributed by atoms with Crippen molar-refractivity contribution >= 4 is 23.0 Å². The highest BCUT2D eigenvalue weighted by Crippen LogP contribution is 2.17. The highest BCUT2D eigenvalue weighted by Gasteiger charge is 2.10. The molecule has 0 aliphatic carbocycles. The monoisotopic (exact) mass is 317 g/mol. The van der Waals surface area contributed by atoms with Gasteiger partial charge in [-0.15, -0.1) is 11.3 Å². The Hall–Kier alpha value is -2.14. The molecule has 0 saturated heterocycles. The van der Waals surface area contributed by atoms with Crippen molar-refractivity contribution in [1.82, 2.24) is 5.32 Å². The molecule has 1 heterocycles. The summed E-state index contributed by atoms with van der Waals surface area (Å²) in [5.41, 5.74) is 0.995. The first-order valence-electron chi connectivity index (χ1n) is 7.08. The van der Waals surface area contributed by atoms with Gasteiger partial charge in [-0.1, -0.05) is 12.1 Å². The summed E-state index contributed by atoms with van der Waals surface area (Å²) in [5, 5.41) is 2.82. The molecule has 2 rings (SSSR count). The number of aryl methyl sites for hydroxylation is 1. The molecule has 1 aromatic heterocycles. The second-order valence-electron chi connectivity index (χ2n) is 4.96. The molecule has 0 aliphatic rings. The average Bonchev–Trinajstić information content (AvgIpc) is 2.97. The first-order chi connectivity index (χ1) is 10.6. The second kappa shape index (κ2) is 7.75. The summed E-state index contributed by atoms with van der Waals surface area (Å²) in [6.45, 7) is 2.41. The molecule has 0 spiro atoms. The number of ether oxygens (including phenoxy) is 1. The summed E-state index contributed by atoms with van der Waals surface area (Å²) in [5.74, 6) is 0.696. The molecule has 0 radical (unpaired) electrons. The van der Waals surface area contributed by atoms with Crippen molar-refractivity contribution in [2.45, 2.75) is 26.3 Å². The third-order valence-corrected chi connectivity index (χ3v) is 4.28. The van der Waals surface area contributed by atoms with Crippen LogP contribution in [0.15, 0.2) is 36.4 Å². The van der Waals surface area contributed by atoms with Crippen LogP contribution in [0.4, 0.5) is 0 Å². The number of benzene rings is 1. The van der Waals surface area contributed by atoms with E-state index in [4.69, 9.17) is 4.74 Å². The summed E-state index contributed by atoms with van der Waals surface area (Å²) in [4.78, 5) is 25.5. The average molecular weight is 317 g/mol. The number of nitrogens with one attached hydrogen (secondary N) is 1. The largest absolute Gasteiger partial charge is 0.497 e. The van der Waals surface area contributed by atoms with Crippen molar-refractivity contribution in [2.24, 2.45) is 0 Å². The Balaban J connectivity index is 1.74. The maximum atomic E-state index is 11.9. The minimum absolute atomic E-state index is 0.0256. The predicted octanol–water partition coefficient (Wildman–Crippen LogP) is 3.34. The molecule has 1 N–H and O–H groups in total. The van der Waals surface area contributed by atoms with Gasteiger partial charge in [0.05, 0.1) is 12.0 Å². The molecular weight excluding hydrogens is 298 g/mol. The highest BCUT2D eigenvalue weighted by atomic mass is 32.1. The third kappa shape index (κ3) is 4.70. The molecule has 5 heteroatoms. The molecular formula is C17H19NO3S. The van der Waals surface area contributed by atoms with Crippen LogP contribution in [0.2, 0.25) is 0 Å². The minimum atomic E-state index is -0.113. The number of hydrogen-bond donors (Lipinski definition) is 1. The lowest BCUT2D eigenvalue weighted by Gasteiger charge is -2.06. The lowest BCUT2D eigenvalue weighted by Crippen LogP contribution is -2.23. The maximum Gasteiger partial charge on any atom is 0.220 e. The topological polar surface area (TPSA) is 55.4 Å². The number of Topliss-reactive ketones (excluding diaryl/α,β-unsaturated/α-hetero) is 1. The van der Waals surface area contributed by atoms with Crippen molar-refractivity contribution in [3.05, 3.63) is 51.7 Å². The molecule has 1 aromatic carbocycles. The Kier molecular flexibility index (Phi) is 5.72. The van der Waals surface area contributed by atoms with Crippen LogP contribution in [-0.2, 0) is 11.3 Å². The quantitative estimate of drug-likeness (QED) is 0.797. The SMILES string of the molecule is COc1ccc(CNC(=O)CCC(=O)c2ccc(C)s2)cc1. The molecule has 0 unspecified atom stereocenters. The minimum Gasteiger partial charge on any atom is -0.497 e. The number of hydrogen-bond acceptors (Lipinski definition) is 4. The van der Waals surface area contributed by atoms with Gasteiger partial charge in [0.25, 0.3) is 0 Å². The zero-order valence-electron chi connectivity index (χ0n) is 12.7. The molecule has 0 atom stereocenters. The van der Waals surface area contributed by atoms with E-state index in [0.717, 1.165) is 21.1 Å². The first-order valence-corrected chi connectivity index (χ1v) is 7.89. The summed E-state index contributed by atoms with van der Waals surface area (Å²) >= 11 is 1.47. The number of rotatable bonds is 7. The van der Waals surface area contributed by atoms with Gasteiger partial charge in [0.1, 0.15) is 5.75 Å². The third-order valence-electron chi connectivity index (χ3n) is 3.24. The van der Waals surface area contributed by atoms with E-state index in [-0.39, 0.29) is 24.5 Å². The molecule has 0 fully saturated rings. The van der Waals surface area contributed by atoms with E-state index < -0.39 is 0 Å². The number of carbonyl (C=O) groups is 2. The van der Waals surface area contributed by atoms with Crippen LogP contribution in [0.25, 0.3) is 0 Å². The van der Waals surface area contributed by atoms with Crippen molar-refractivity contribution in [3.63, 3.8) is 0 Å². The normalized spacial score (nSPS) is 10.3. The molecule has 22 heavy (non-hydrogen) atoms. The van der Waals surface area contributed by atoms with Gasteiger partial charge >= 0.3 is 0 Å². The summed E-state index contributed by atoms with van der Waals surface area (Å²) in [7, 11) is 1.61. The Morgan fingerprint density at radius 2 is 1.82 bits per heavy atom. The fourth-order valence-electron chi connectivity index (χ4n) is 1.97. The number of amides is 1. The zero-order valence-corrected chi connectivity index (χ0v) is 13.5. The van der Waals surface area contributed by atoms with Gasteiger partial charge in [-0.2, -0.15) is 0 Å². The van der Waals surface area contributed by atoms with Gasteiger partial charge in [0.2, 0.25) is 5.91 Å². The van der Waals surface area contributed by atoms with Gasteiger partial charge in [0, 0.05) is 24.3 Å². The predicted molar refractivity (Wildman–Crippen MR) is 87.5 cm³/mol. The maximum absolute atomic E-state index is 11.9. The lowest BCUT2D eigenvalue weighted by atomic mass is 10.1. The van der Waals surface area contributed by atoms with Crippen LogP contribution in [0.5, 0.6) is 5.75 Å². The van der Waals surface area contributed by atoms with Crippen LogP contribution >= 0.6 is 11.3 Å². The Morgan fingerprint density at radius 1 is 1.09 bits per heavy atom. The number of thiophene rings is 1. The smallest absolute Gasteiger partial charge is 0.220 e. The van der Waals surface area contributed by atoms with Gasteiger partial charge < -0.3 is 10.1 Å². The van der Waals surface area contributed by atoms with Gasteiger partial charge in [-0.3, -0.25) is 9.59 Å². The molecule has 0 bridgehead atoms. The number of methoxy groups -OCH3 is 1. The van der Waals surface area contributed by atoms with E-state index >= 15 is 0 Å². The van der Waals surface area contributed by atoms with Crippen LogP contribution < -0.4 is 10.1 Å². The van der Waals surface area contributed by atoms with E-state index in [1.54, 1.807) is 7.11 Å². The Morgan fingerprint density at radius 3 is 2.41 bits per heavy atom. The Bertz CT molecular complexity index is 646. The standard InChI is InChI=1S/C17H19NO3S/c1-12-3-9-16(22-12)15(19)8-10-17(20)18-11-13-4-6-14(21-2)7-5-13/h3-7,9H,8,10-11H2,1-2H3,(H,18,20). The fourth-order valence-corrected chi connectivity index (χ4v) is 2.80. The molecule has 1 amide bonds. The molecule has 0 aliphatic heterocycles. The van der Waals surface area contributed by atoms with E-state index in [1.807, 2.05) is 43.3 Å². The van der Waals surface area contributed by atoms with E-state index in [2.05, 4.69) is 5.32 Å². The van der Waals surface area contributed by atoms with Gasteiger partial charge in [-0.05, 0) is 36.8 Å².